The maximum Gasteiger partial charge on any atom is 0.253 e. The molecule has 0 saturated carbocycles. The number of aryl methyl sites for hydroxylation is 1. The first-order valence-electron chi connectivity index (χ1n) is 6.89. The van der Waals surface area contributed by atoms with Crippen molar-refractivity contribution in [2.24, 2.45) is 0 Å². The quantitative estimate of drug-likeness (QED) is 0.851. The number of hydrogen-bond acceptors (Lipinski definition) is 3. The molecule has 0 aliphatic carbocycles. The van der Waals surface area contributed by atoms with Gasteiger partial charge < -0.3 is 10.1 Å². The van der Waals surface area contributed by atoms with E-state index in [1.807, 2.05) is 31.2 Å². The van der Waals surface area contributed by atoms with Gasteiger partial charge in [0.2, 0.25) is 0 Å². The number of carbonyl (C=O) groups excluding carboxylic acids is 1. The van der Waals surface area contributed by atoms with Gasteiger partial charge >= 0.3 is 0 Å². The van der Waals surface area contributed by atoms with Crippen LogP contribution in [0.5, 0.6) is 5.75 Å². The van der Waals surface area contributed by atoms with Crippen LogP contribution in [0.1, 0.15) is 35.8 Å². The lowest BCUT2D eigenvalue weighted by atomic mass is 10.1. The number of ether oxygens (including phenoxy) is 1. The van der Waals surface area contributed by atoms with Crippen molar-refractivity contribution in [2.45, 2.75) is 26.7 Å². The summed E-state index contributed by atoms with van der Waals surface area (Å²) in [7, 11) is 1.63. The molecule has 0 spiro atoms. The van der Waals surface area contributed by atoms with Crippen LogP contribution in [0.15, 0.2) is 24.3 Å². The van der Waals surface area contributed by atoms with E-state index in [4.69, 9.17) is 4.74 Å². The van der Waals surface area contributed by atoms with Crippen LogP contribution in [0.4, 0.5) is 0 Å². The van der Waals surface area contributed by atoms with Gasteiger partial charge in [-0.15, -0.1) is 0 Å². The summed E-state index contributed by atoms with van der Waals surface area (Å²) in [6.07, 6.45) is 2.05. The fourth-order valence-corrected chi connectivity index (χ4v) is 2.07. The molecule has 0 saturated heterocycles. The van der Waals surface area contributed by atoms with Crippen molar-refractivity contribution in [3.63, 3.8) is 0 Å². The molecule has 0 atom stereocenters. The molecule has 106 valence electrons. The molecule has 0 aliphatic heterocycles. The maximum absolute atomic E-state index is 12.1. The van der Waals surface area contributed by atoms with E-state index >= 15 is 0 Å². The summed E-state index contributed by atoms with van der Waals surface area (Å²) in [5, 5.41) is 3.87. The molecule has 1 heterocycles. The Morgan fingerprint density at radius 2 is 2.15 bits per heavy atom. The zero-order valence-corrected chi connectivity index (χ0v) is 12.2. The van der Waals surface area contributed by atoms with E-state index in [0.29, 0.717) is 12.1 Å². The molecule has 0 fully saturated rings. The zero-order valence-electron chi connectivity index (χ0n) is 12.2. The summed E-state index contributed by atoms with van der Waals surface area (Å²) in [6, 6.07) is 7.56. The Morgan fingerprint density at radius 1 is 1.35 bits per heavy atom. The SMILES string of the molecule is CCCCNC(=O)c1cc2ccc(OC)cc2nc1C. The molecule has 2 rings (SSSR count). The summed E-state index contributed by atoms with van der Waals surface area (Å²) in [5.74, 6) is 0.714. The number of aromatic nitrogens is 1. The number of benzene rings is 1. The topological polar surface area (TPSA) is 51.2 Å². The first kappa shape index (κ1) is 14.3. The van der Waals surface area contributed by atoms with E-state index in [1.54, 1.807) is 7.11 Å². The minimum Gasteiger partial charge on any atom is -0.497 e. The van der Waals surface area contributed by atoms with Gasteiger partial charge in [-0.25, -0.2) is 0 Å². The summed E-state index contributed by atoms with van der Waals surface area (Å²) in [5.41, 5.74) is 2.21. The predicted molar refractivity (Wildman–Crippen MR) is 80.3 cm³/mol. The number of carbonyl (C=O) groups is 1. The third kappa shape index (κ3) is 3.07. The second-order valence-electron chi connectivity index (χ2n) is 4.79. The van der Waals surface area contributed by atoms with Gasteiger partial charge in [-0.2, -0.15) is 0 Å². The molecule has 4 heteroatoms. The van der Waals surface area contributed by atoms with Crippen molar-refractivity contribution < 1.29 is 9.53 Å². The Bertz CT molecular complexity index is 623. The molecule has 1 aromatic heterocycles. The lowest BCUT2D eigenvalue weighted by Crippen LogP contribution is -2.25. The fraction of sp³-hybridized carbons (Fsp3) is 0.375. The summed E-state index contributed by atoms with van der Waals surface area (Å²) in [6.45, 7) is 4.66. The Labute approximate surface area is 119 Å². The summed E-state index contributed by atoms with van der Waals surface area (Å²) >= 11 is 0. The molecule has 4 nitrogen and oxygen atoms in total. The monoisotopic (exact) mass is 272 g/mol. The Morgan fingerprint density at radius 3 is 2.85 bits per heavy atom. The Hall–Kier alpha value is -2.10. The lowest BCUT2D eigenvalue weighted by Gasteiger charge is -2.09. The smallest absolute Gasteiger partial charge is 0.253 e. The molecular formula is C16H20N2O2. The lowest BCUT2D eigenvalue weighted by molar-refractivity contribution is 0.0952. The molecule has 0 radical (unpaired) electrons. The van der Waals surface area contributed by atoms with Crippen molar-refractivity contribution in [2.75, 3.05) is 13.7 Å². The van der Waals surface area contributed by atoms with Crippen molar-refractivity contribution in [1.29, 1.82) is 0 Å². The predicted octanol–water partition coefficient (Wildman–Crippen LogP) is 3.08. The van der Waals surface area contributed by atoms with Crippen molar-refractivity contribution >= 4 is 16.8 Å². The number of amides is 1. The van der Waals surface area contributed by atoms with Gasteiger partial charge in [0.25, 0.3) is 5.91 Å². The highest BCUT2D eigenvalue weighted by Crippen LogP contribution is 2.21. The van der Waals surface area contributed by atoms with Gasteiger partial charge in [0.05, 0.1) is 23.9 Å². The van der Waals surface area contributed by atoms with E-state index in [-0.39, 0.29) is 5.91 Å². The highest BCUT2D eigenvalue weighted by atomic mass is 16.5. The Balaban J connectivity index is 2.30. The maximum atomic E-state index is 12.1. The van der Waals surface area contributed by atoms with Crippen LogP contribution in [-0.4, -0.2) is 24.5 Å². The average Bonchev–Trinajstić information content (AvgIpc) is 2.46. The van der Waals surface area contributed by atoms with E-state index in [9.17, 15) is 4.79 Å². The average molecular weight is 272 g/mol. The van der Waals surface area contributed by atoms with Gasteiger partial charge in [-0.1, -0.05) is 13.3 Å². The standard InChI is InChI=1S/C16H20N2O2/c1-4-5-8-17-16(19)14-9-12-6-7-13(20-3)10-15(12)18-11(14)2/h6-7,9-10H,4-5,8H2,1-3H3,(H,17,19). The highest BCUT2D eigenvalue weighted by Gasteiger charge is 2.11. The molecule has 0 bridgehead atoms. The first-order valence-corrected chi connectivity index (χ1v) is 6.89. The van der Waals surface area contributed by atoms with Gasteiger partial charge in [0.1, 0.15) is 5.75 Å². The third-order valence-corrected chi connectivity index (χ3v) is 3.28. The molecular weight excluding hydrogens is 252 g/mol. The van der Waals surface area contributed by atoms with Crippen molar-refractivity contribution in [3.05, 3.63) is 35.5 Å². The minimum atomic E-state index is -0.0545. The molecule has 1 amide bonds. The number of fused-ring (bicyclic) bond motifs is 1. The molecule has 20 heavy (non-hydrogen) atoms. The minimum absolute atomic E-state index is 0.0545. The van der Waals surface area contributed by atoms with Crippen LogP contribution in [-0.2, 0) is 0 Å². The fourth-order valence-electron chi connectivity index (χ4n) is 2.07. The molecule has 0 aliphatic rings. The molecule has 0 unspecified atom stereocenters. The van der Waals surface area contributed by atoms with Crippen molar-refractivity contribution in [3.8, 4) is 5.75 Å². The van der Waals surface area contributed by atoms with Crippen molar-refractivity contribution in [1.82, 2.24) is 10.3 Å². The molecule has 1 aromatic carbocycles. The number of nitrogens with one attached hydrogen (secondary N) is 1. The first-order chi connectivity index (χ1) is 9.65. The van der Waals surface area contributed by atoms with E-state index < -0.39 is 0 Å². The van der Waals surface area contributed by atoms with Gasteiger partial charge in [0.15, 0.2) is 0 Å². The van der Waals surface area contributed by atoms with Gasteiger partial charge in [0, 0.05) is 18.0 Å². The van der Waals surface area contributed by atoms with Crippen LogP contribution < -0.4 is 10.1 Å². The number of rotatable bonds is 5. The van der Waals surface area contributed by atoms with Crippen LogP contribution in [0, 0.1) is 6.92 Å². The highest BCUT2D eigenvalue weighted by molar-refractivity contribution is 5.98. The number of unbranched alkanes of at least 4 members (excludes halogenated alkanes) is 1. The number of methoxy groups -OCH3 is 1. The van der Waals surface area contributed by atoms with Gasteiger partial charge in [-0.05, 0) is 31.5 Å². The number of pyridine rings is 1. The molecule has 2 aromatic rings. The summed E-state index contributed by atoms with van der Waals surface area (Å²) < 4.78 is 5.19. The molecule has 1 N–H and O–H groups in total. The van der Waals surface area contributed by atoms with Crippen LogP contribution in [0.3, 0.4) is 0 Å². The van der Waals surface area contributed by atoms with Gasteiger partial charge in [-0.3, -0.25) is 9.78 Å². The zero-order chi connectivity index (χ0) is 14.5. The van der Waals surface area contributed by atoms with E-state index in [1.165, 1.54) is 0 Å². The summed E-state index contributed by atoms with van der Waals surface area (Å²) in [4.78, 5) is 16.6. The normalized spacial score (nSPS) is 10.6. The van der Waals surface area contributed by atoms with Crippen LogP contribution in [0.25, 0.3) is 10.9 Å². The Kier molecular flexibility index (Phi) is 4.56. The number of nitrogens with zero attached hydrogens (tertiary/aromatic N) is 1. The second kappa shape index (κ2) is 6.37. The largest absolute Gasteiger partial charge is 0.497 e. The third-order valence-electron chi connectivity index (χ3n) is 3.28. The van der Waals surface area contributed by atoms with E-state index in [0.717, 1.165) is 35.2 Å². The van der Waals surface area contributed by atoms with E-state index in [2.05, 4.69) is 17.2 Å². The van der Waals surface area contributed by atoms with Crippen LogP contribution in [0.2, 0.25) is 0 Å². The second-order valence-corrected chi connectivity index (χ2v) is 4.79. The number of hydrogen-bond donors (Lipinski definition) is 1. The van der Waals surface area contributed by atoms with Crippen LogP contribution >= 0.6 is 0 Å².